The van der Waals surface area contributed by atoms with Crippen LogP contribution in [-0.2, 0) is 6.42 Å². The van der Waals surface area contributed by atoms with Crippen LogP contribution in [0.3, 0.4) is 0 Å². The number of hydrogen-bond acceptors (Lipinski definition) is 3. The van der Waals surface area contributed by atoms with Crippen molar-refractivity contribution < 1.29 is 4.42 Å². The van der Waals surface area contributed by atoms with Crippen LogP contribution in [0, 0.1) is 0 Å². The Bertz CT molecular complexity index is 3100. The van der Waals surface area contributed by atoms with Gasteiger partial charge < -0.3 is 9.32 Å². The van der Waals surface area contributed by atoms with Gasteiger partial charge >= 0.3 is 0 Å². The minimum absolute atomic E-state index is 0.288. The number of fused-ring (bicyclic) bond motifs is 11. The fourth-order valence-electron chi connectivity index (χ4n) is 10.2. The second kappa shape index (κ2) is 13.8. The highest BCUT2D eigenvalue weighted by Crippen LogP contribution is 2.45. The smallest absolute Gasteiger partial charge is 0.182 e. The number of para-hydroxylation sites is 1. The van der Waals surface area contributed by atoms with E-state index in [0.717, 1.165) is 40.5 Å². The van der Waals surface area contributed by atoms with E-state index in [4.69, 9.17) is 4.42 Å². The van der Waals surface area contributed by atoms with Crippen LogP contribution in [0.2, 0.25) is 0 Å². The van der Waals surface area contributed by atoms with Crippen LogP contribution in [0.5, 0.6) is 0 Å². The maximum Gasteiger partial charge on any atom is 0.182 e. The number of hydrogen-bond donors (Lipinski definition) is 0. The Balaban J connectivity index is 1.07. The van der Waals surface area contributed by atoms with Gasteiger partial charge in [-0.15, -0.1) is 0 Å². The van der Waals surface area contributed by atoms with Crippen molar-refractivity contribution in [3.05, 3.63) is 229 Å². The molecule has 2 aliphatic heterocycles. The summed E-state index contributed by atoms with van der Waals surface area (Å²) in [6.07, 6.45) is 9.01. The van der Waals surface area contributed by atoms with E-state index in [0.29, 0.717) is 0 Å². The molecule has 1 unspecified atom stereocenters. The average Bonchev–Trinajstić information content (AvgIpc) is 3.69. The molecule has 0 bridgehead atoms. The van der Waals surface area contributed by atoms with E-state index in [1.54, 1.807) is 0 Å². The second-order valence-corrected chi connectivity index (χ2v) is 20.6. The number of allylic oxidation sites excluding steroid dienone is 3. The quantitative estimate of drug-likeness (QED) is 0.162. The van der Waals surface area contributed by atoms with Crippen molar-refractivity contribution in [3.63, 3.8) is 0 Å². The van der Waals surface area contributed by atoms with E-state index in [2.05, 4.69) is 211 Å². The molecule has 0 radical (unpaired) electrons. The largest absolute Gasteiger partial charge is 0.456 e. The fraction of sp³-hybridized carbons (Fsp3) is 0.0545. The standard InChI is InChI=1S/C55H39NOSSi/c1-2-14-37(15-3-1)38-28-30-39(31-29-38)40-32-34-42(35-33-40)56(46-19-12-21-48-55(46)43-17-5-6-20-47(43)57-48)45-18-13-27-52-44(45)36-41-16-4-9-24-51(41)59(52)53-25-10-7-22-49(53)58-50-23-8-11-26-54(50)59/h1-32,34-35,40H,33,36H2. The molecule has 3 heterocycles. The van der Waals surface area contributed by atoms with Crippen LogP contribution in [0.4, 0.5) is 11.4 Å². The van der Waals surface area contributed by atoms with Gasteiger partial charge in [0.15, 0.2) is 8.07 Å². The third-order valence-electron chi connectivity index (χ3n) is 12.8. The maximum atomic E-state index is 6.55. The normalized spacial score (nSPS) is 15.9. The van der Waals surface area contributed by atoms with E-state index in [1.165, 1.54) is 69.7 Å². The molecular formula is C55H39NOSSi. The fourth-order valence-corrected chi connectivity index (χ4v) is 17.7. The van der Waals surface area contributed by atoms with Crippen molar-refractivity contribution in [2.75, 3.05) is 4.90 Å². The zero-order chi connectivity index (χ0) is 38.9. The lowest BCUT2D eigenvalue weighted by atomic mass is 9.90. The van der Waals surface area contributed by atoms with Gasteiger partial charge in [0, 0.05) is 32.5 Å². The third kappa shape index (κ3) is 5.33. The first kappa shape index (κ1) is 34.4. The van der Waals surface area contributed by atoms with Gasteiger partial charge in [-0.25, -0.2) is 0 Å². The average molecular weight is 790 g/mol. The number of nitrogens with zero attached hydrogens (tertiary/aromatic N) is 1. The summed E-state index contributed by atoms with van der Waals surface area (Å²) in [5, 5.41) is 8.25. The molecule has 12 rings (SSSR count). The first-order valence-electron chi connectivity index (χ1n) is 20.6. The van der Waals surface area contributed by atoms with E-state index < -0.39 is 8.07 Å². The number of furan rings is 1. The monoisotopic (exact) mass is 789 g/mol. The summed E-state index contributed by atoms with van der Waals surface area (Å²) in [7, 11) is -2.75. The van der Waals surface area contributed by atoms with Crippen LogP contribution < -0.4 is 25.6 Å². The molecule has 9 aromatic rings. The zero-order valence-corrected chi connectivity index (χ0v) is 34.2. The molecule has 0 fully saturated rings. The molecule has 8 aromatic carbocycles. The molecule has 59 heavy (non-hydrogen) atoms. The van der Waals surface area contributed by atoms with Gasteiger partial charge in [0.1, 0.15) is 11.2 Å². The molecule has 1 spiro atoms. The molecule has 0 amide bonds. The predicted octanol–water partition coefficient (Wildman–Crippen LogP) is 11.8. The lowest BCUT2D eigenvalue weighted by Gasteiger charge is -2.45. The van der Waals surface area contributed by atoms with Crippen LogP contribution in [0.25, 0.3) is 33.1 Å². The molecule has 0 saturated carbocycles. The Labute approximate surface area is 349 Å². The van der Waals surface area contributed by atoms with Crippen molar-refractivity contribution in [3.8, 4) is 11.1 Å². The van der Waals surface area contributed by atoms with Crippen LogP contribution >= 0.6 is 11.8 Å². The Kier molecular flexibility index (Phi) is 8.04. The molecule has 2 nitrogen and oxygen atoms in total. The third-order valence-corrected chi connectivity index (χ3v) is 19.4. The van der Waals surface area contributed by atoms with Gasteiger partial charge in [-0.3, -0.25) is 0 Å². The van der Waals surface area contributed by atoms with Crippen LogP contribution in [0.1, 0.15) is 29.0 Å². The molecule has 280 valence electrons. The maximum absolute atomic E-state index is 6.55. The summed E-state index contributed by atoms with van der Waals surface area (Å²) >= 11 is 1.93. The number of rotatable bonds is 5. The highest BCUT2D eigenvalue weighted by molar-refractivity contribution is 8.00. The van der Waals surface area contributed by atoms with Gasteiger partial charge in [0.25, 0.3) is 0 Å². The minimum Gasteiger partial charge on any atom is -0.456 e. The SMILES string of the molecule is C1=CC(c2ccc(-c3ccccc3)cc2)CC=C1N(c1cccc2c1Cc1ccccc1[Si]21c2ccccc2Sc2ccccc21)c1cccc2oc3ccccc3c12. The van der Waals surface area contributed by atoms with Crippen LogP contribution in [0.15, 0.2) is 226 Å². The summed E-state index contributed by atoms with van der Waals surface area (Å²) in [6, 6.07) is 69.8. The van der Waals surface area contributed by atoms with Gasteiger partial charge in [0.2, 0.25) is 0 Å². The van der Waals surface area contributed by atoms with Gasteiger partial charge in [0.05, 0.1) is 11.1 Å². The lowest BCUT2D eigenvalue weighted by molar-refractivity contribution is 0.669. The second-order valence-electron chi connectivity index (χ2n) is 15.9. The first-order valence-corrected chi connectivity index (χ1v) is 23.4. The Morgan fingerprint density at radius 3 is 1.93 bits per heavy atom. The first-order chi connectivity index (χ1) is 29.3. The van der Waals surface area contributed by atoms with Crippen molar-refractivity contribution >= 4 is 73.9 Å². The van der Waals surface area contributed by atoms with Gasteiger partial charge in [-0.05, 0) is 104 Å². The van der Waals surface area contributed by atoms with Crippen molar-refractivity contribution in [2.45, 2.75) is 28.6 Å². The molecule has 1 atom stereocenters. The van der Waals surface area contributed by atoms with Gasteiger partial charge in [-0.2, -0.15) is 0 Å². The summed E-state index contributed by atoms with van der Waals surface area (Å²) < 4.78 is 6.55. The molecule has 1 aromatic heterocycles. The topological polar surface area (TPSA) is 16.4 Å². The Hall–Kier alpha value is -6.59. The van der Waals surface area contributed by atoms with Crippen molar-refractivity contribution in [1.29, 1.82) is 0 Å². The predicted molar refractivity (Wildman–Crippen MR) is 249 cm³/mol. The molecule has 3 aliphatic rings. The van der Waals surface area contributed by atoms with Gasteiger partial charge in [-0.1, -0.05) is 176 Å². The highest BCUT2D eigenvalue weighted by atomic mass is 32.2. The number of anilines is 2. The van der Waals surface area contributed by atoms with E-state index in [1.807, 2.05) is 11.8 Å². The molecule has 1 aliphatic carbocycles. The lowest BCUT2D eigenvalue weighted by Crippen LogP contribution is -2.79. The Morgan fingerprint density at radius 2 is 1.15 bits per heavy atom. The van der Waals surface area contributed by atoms with Crippen molar-refractivity contribution in [2.24, 2.45) is 0 Å². The van der Waals surface area contributed by atoms with E-state index in [-0.39, 0.29) is 5.92 Å². The molecule has 4 heteroatoms. The molecule has 0 saturated heterocycles. The molecular weight excluding hydrogens is 751 g/mol. The zero-order valence-electron chi connectivity index (χ0n) is 32.4. The van der Waals surface area contributed by atoms with Crippen molar-refractivity contribution in [1.82, 2.24) is 0 Å². The summed E-state index contributed by atoms with van der Waals surface area (Å²) in [5.74, 6) is 0.288. The summed E-state index contributed by atoms with van der Waals surface area (Å²) in [5.41, 5.74) is 12.0. The van der Waals surface area contributed by atoms with E-state index >= 15 is 0 Å². The van der Waals surface area contributed by atoms with E-state index in [9.17, 15) is 0 Å². The summed E-state index contributed by atoms with van der Waals surface area (Å²) in [6.45, 7) is 0. The molecule has 0 N–H and O–H groups in total. The Morgan fingerprint density at radius 1 is 0.525 bits per heavy atom. The summed E-state index contributed by atoms with van der Waals surface area (Å²) in [4.78, 5) is 5.30. The highest BCUT2D eigenvalue weighted by Gasteiger charge is 2.51. The number of benzene rings is 8. The van der Waals surface area contributed by atoms with Crippen LogP contribution in [-0.4, -0.2) is 8.07 Å². The minimum atomic E-state index is -2.75.